The first-order valence-corrected chi connectivity index (χ1v) is 9.44. The van der Waals surface area contributed by atoms with Gasteiger partial charge in [-0.05, 0) is 30.9 Å². The number of oxazole rings is 1. The number of fused-ring (bicyclic) bond motifs is 1. The van der Waals surface area contributed by atoms with Crippen LogP contribution in [0.1, 0.15) is 30.9 Å². The summed E-state index contributed by atoms with van der Waals surface area (Å²) >= 11 is 0. The van der Waals surface area contributed by atoms with Gasteiger partial charge in [-0.25, -0.2) is 4.79 Å². The van der Waals surface area contributed by atoms with Gasteiger partial charge in [-0.2, -0.15) is 0 Å². The molecule has 9 heteroatoms. The van der Waals surface area contributed by atoms with Crippen molar-refractivity contribution in [1.82, 2.24) is 9.88 Å². The van der Waals surface area contributed by atoms with E-state index in [4.69, 9.17) is 19.6 Å². The molecule has 3 N–H and O–H groups in total. The summed E-state index contributed by atoms with van der Waals surface area (Å²) in [5.74, 6) is -1.39. The van der Waals surface area contributed by atoms with E-state index in [9.17, 15) is 14.4 Å². The number of imide groups is 1. The molecule has 1 aliphatic heterocycles. The monoisotopic (exact) mass is 391 g/mol. The molecule has 1 unspecified atom stereocenters. The fraction of sp³-hybridized carbons (Fsp3) is 0.526. The van der Waals surface area contributed by atoms with Crippen LogP contribution < -0.4 is 16.8 Å². The minimum Gasteiger partial charge on any atom is -0.407 e. The Morgan fingerprint density at radius 2 is 1.93 bits per heavy atom. The predicted octanol–water partition coefficient (Wildman–Crippen LogP) is 0.497. The first-order chi connectivity index (χ1) is 13.6. The summed E-state index contributed by atoms with van der Waals surface area (Å²) < 4.78 is 17.5. The Bertz CT molecular complexity index is 887. The van der Waals surface area contributed by atoms with Crippen LogP contribution in [-0.4, -0.2) is 49.4 Å². The molecule has 2 aromatic rings. The van der Waals surface area contributed by atoms with E-state index in [1.54, 1.807) is 6.07 Å². The number of amides is 2. The highest BCUT2D eigenvalue weighted by Gasteiger charge is 2.31. The zero-order valence-corrected chi connectivity index (χ0v) is 15.6. The third-order valence-electron chi connectivity index (χ3n) is 4.61. The van der Waals surface area contributed by atoms with Crippen molar-refractivity contribution >= 4 is 22.9 Å². The highest BCUT2D eigenvalue weighted by atomic mass is 16.5. The maximum Gasteiger partial charge on any atom is 0.420 e. The molecule has 152 valence electrons. The van der Waals surface area contributed by atoms with E-state index in [2.05, 4.69) is 5.32 Å². The molecule has 1 aliphatic rings. The largest absolute Gasteiger partial charge is 0.420 e. The lowest BCUT2D eigenvalue weighted by atomic mass is 10.0. The van der Waals surface area contributed by atoms with Crippen LogP contribution in [0, 0.1) is 0 Å². The number of benzene rings is 1. The molecule has 0 radical (unpaired) electrons. The average Bonchev–Trinajstić information content (AvgIpc) is 3.01. The van der Waals surface area contributed by atoms with Crippen molar-refractivity contribution < 1.29 is 23.5 Å². The standard InChI is InChI=1S/C19H25N3O6/c20-8-10-27-12-11-26-9-2-4-13-3-1-5-14-17(13)28-19(25)22(14)15-6-7-16(23)21-18(15)24/h1,3,5,15H,2,4,6-12,20H2,(H,21,23,24). The predicted molar refractivity (Wildman–Crippen MR) is 101 cm³/mol. The quantitative estimate of drug-likeness (QED) is 0.446. The van der Waals surface area contributed by atoms with E-state index < -0.39 is 17.7 Å². The average molecular weight is 391 g/mol. The van der Waals surface area contributed by atoms with Crippen molar-refractivity contribution in [2.75, 3.05) is 33.0 Å². The van der Waals surface area contributed by atoms with Crippen molar-refractivity contribution in [2.45, 2.75) is 31.7 Å². The lowest BCUT2D eigenvalue weighted by Crippen LogP contribution is -2.43. The van der Waals surface area contributed by atoms with Crippen molar-refractivity contribution in [3.63, 3.8) is 0 Å². The molecule has 0 spiro atoms. The number of hydrogen-bond acceptors (Lipinski definition) is 7. The molecule has 9 nitrogen and oxygen atoms in total. The highest BCUT2D eigenvalue weighted by Crippen LogP contribution is 2.25. The van der Waals surface area contributed by atoms with Crippen LogP contribution in [-0.2, 0) is 25.5 Å². The number of nitrogens with zero attached hydrogens (tertiary/aromatic N) is 1. The van der Waals surface area contributed by atoms with Crippen LogP contribution >= 0.6 is 0 Å². The molecular formula is C19H25N3O6. The van der Waals surface area contributed by atoms with Crippen LogP contribution in [0.5, 0.6) is 0 Å². The first kappa shape index (κ1) is 20.2. The Balaban J connectivity index is 1.65. The van der Waals surface area contributed by atoms with Crippen molar-refractivity contribution in [2.24, 2.45) is 5.73 Å². The summed E-state index contributed by atoms with van der Waals surface area (Å²) in [5.41, 5.74) is 7.26. The highest BCUT2D eigenvalue weighted by molar-refractivity contribution is 6.00. The van der Waals surface area contributed by atoms with Crippen molar-refractivity contribution in [3.8, 4) is 0 Å². The van der Waals surface area contributed by atoms with Gasteiger partial charge in [0.05, 0.1) is 25.3 Å². The minimum absolute atomic E-state index is 0.196. The Morgan fingerprint density at radius 1 is 1.14 bits per heavy atom. The van der Waals surface area contributed by atoms with Gasteiger partial charge in [0.25, 0.3) is 0 Å². The molecule has 0 aliphatic carbocycles. The second kappa shape index (κ2) is 9.63. The number of aryl methyl sites for hydroxylation is 1. The van der Waals surface area contributed by atoms with Crippen LogP contribution in [0.15, 0.2) is 27.4 Å². The van der Waals surface area contributed by atoms with Gasteiger partial charge >= 0.3 is 5.76 Å². The molecule has 28 heavy (non-hydrogen) atoms. The van der Waals surface area contributed by atoms with Crippen molar-refractivity contribution in [1.29, 1.82) is 0 Å². The Morgan fingerprint density at radius 3 is 2.68 bits per heavy atom. The lowest BCUT2D eigenvalue weighted by molar-refractivity contribution is -0.135. The van der Waals surface area contributed by atoms with E-state index in [-0.39, 0.29) is 18.7 Å². The SMILES string of the molecule is NCCOCCOCCCc1cccc2c1oc(=O)n2C1CCC(=O)NC1=O. The zero-order valence-electron chi connectivity index (χ0n) is 15.6. The molecule has 2 heterocycles. The number of nitrogens with one attached hydrogen (secondary N) is 1. The van der Waals surface area contributed by atoms with Gasteiger partial charge in [-0.1, -0.05) is 12.1 Å². The van der Waals surface area contributed by atoms with Gasteiger partial charge in [-0.3, -0.25) is 19.5 Å². The number of carbonyl (C=O) groups excluding carboxylic acids is 2. The molecule has 1 fully saturated rings. The van der Waals surface area contributed by atoms with Crippen LogP contribution in [0.4, 0.5) is 0 Å². The molecule has 1 aromatic heterocycles. The topological polar surface area (TPSA) is 126 Å². The smallest absolute Gasteiger partial charge is 0.407 e. The van der Waals surface area contributed by atoms with Gasteiger partial charge < -0.3 is 19.6 Å². The van der Waals surface area contributed by atoms with E-state index in [1.807, 2.05) is 12.1 Å². The van der Waals surface area contributed by atoms with Gasteiger partial charge in [0.15, 0.2) is 5.58 Å². The first-order valence-electron chi connectivity index (χ1n) is 9.44. The van der Waals surface area contributed by atoms with Crippen LogP contribution in [0.2, 0.25) is 0 Å². The van der Waals surface area contributed by atoms with E-state index >= 15 is 0 Å². The maximum atomic E-state index is 12.4. The molecule has 0 saturated carbocycles. The molecular weight excluding hydrogens is 366 g/mol. The van der Waals surface area contributed by atoms with E-state index in [0.29, 0.717) is 50.5 Å². The number of piperidine rings is 1. The fourth-order valence-electron chi connectivity index (χ4n) is 3.30. The second-order valence-electron chi connectivity index (χ2n) is 6.59. The summed E-state index contributed by atoms with van der Waals surface area (Å²) in [6.07, 6.45) is 1.90. The van der Waals surface area contributed by atoms with Crippen molar-refractivity contribution in [3.05, 3.63) is 34.3 Å². The number of carbonyl (C=O) groups is 2. The number of rotatable bonds is 10. The summed E-state index contributed by atoms with van der Waals surface area (Å²) in [7, 11) is 0. The number of nitrogens with two attached hydrogens (primary N) is 1. The third kappa shape index (κ3) is 4.67. The third-order valence-corrected chi connectivity index (χ3v) is 4.61. The minimum atomic E-state index is -0.737. The second-order valence-corrected chi connectivity index (χ2v) is 6.59. The maximum absolute atomic E-state index is 12.4. The molecule has 1 atom stereocenters. The van der Waals surface area contributed by atoms with Gasteiger partial charge in [0.1, 0.15) is 6.04 Å². The van der Waals surface area contributed by atoms with Gasteiger partial charge in [0.2, 0.25) is 11.8 Å². The lowest BCUT2D eigenvalue weighted by Gasteiger charge is -2.21. The number of para-hydroxylation sites is 1. The summed E-state index contributed by atoms with van der Waals surface area (Å²) in [4.78, 5) is 35.9. The Kier molecular flexibility index (Phi) is 6.96. The summed E-state index contributed by atoms with van der Waals surface area (Å²) in [6.45, 7) is 2.59. The van der Waals surface area contributed by atoms with Gasteiger partial charge in [-0.15, -0.1) is 0 Å². The van der Waals surface area contributed by atoms with Gasteiger partial charge in [0, 0.05) is 19.6 Å². The molecule has 1 aromatic carbocycles. The molecule has 0 bridgehead atoms. The Hall–Kier alpha value is -2.49. The summed E-state index contributed by atoms with van der Waals surface area (Å²) in [6, 6.07) is 4.73. The molecule has 3 rings (SSSR count). The number of aromatic nitrogens is 1. The van der Waals surface area contributed by atoms with Crippen LogP contribution in [0.3, 0.4) is 0 Å². The molecule has 1 saturated heterocycles. The zero-order chi connectivity index (χ0) is 19.9. The summed E-state index contributed by atoms with van der Waals surface area (Å²) in [5, 5.41) is 2.28. The van der Waals surface area contributed by atoms with Crippen LogP contribution in [0.25, 0.3) is 11.1 Å². The van der Waals surface area contributed by atoms with E-state index in [1.165, 1.54) is 4.57 Å². The normalized spacial score (nSPS) is 17.2. The van der Waals surface area contributed by atoms with E-state index in [0.717, 1.165) is 12.0 Å². The fourth-order valence-corrected chi connectivity index (χ4v) is 3.30. The number of hydrogen-bond donors (Lipinski definition) is 2. The Labute approximate surface area is 161 Å². The molecule has 2 amide bonds. The number of ether oxygens (including phenoxy) is 2.